The monoisotopic (exact) mass is 361 g/mol. The van der Waals surface area contributed by atoms with Crippen molar-refractivity contribution in [1.29, 1.82) is 0 Å². The van der Waals surface area contributed by atoms with Crippen LogP contribution < -0.4 is 5.32 Å². The average molecular weight is 362 g/mol. The van der Waals surface area contributed by atoms with Crippen LogP contribution in [0.3, 0.4) is 0 Å². The smallest absolute Gasteiger partial charge is 0.230 e. The summed E-state index contributed by atoms with van der Waals surface area (Å²) in [4.78, 5) is 16.2. The fourth-order valence-corrected chi connectivity index (χ4v) is 3.31. The van der Waals surface area contributed by atoms with Gasteiger partial charge in [0, 0.05) is 30.5 Å². The Bertz CT molecular complexity index is 671. The lowest BCUT2D eigenvalue weighted by Gasteiger charge is -2.15. The molecular formula is C18H27N5OS. The highest BCUT2D eigenvalue weighted by Crippen LogP contribution is 2.23. The molecule has 1 atom stereocenters. The Morgan fingerprint density at radius 2 is 1.92 bits per heavy atom. The van der Waals surface area contributed by atoms with Crippen LogP contribution in [0, 0.1) is 5.92 Å². The first kappa shape index (κ1) is 19.4. The number of carbonyl (C=O) groups excluding carboxylic acids is 1. The molecule has 0 aliphatic rings. The van der Waals surface area contributed by atoms with Crippen molar-refractivity contribution >= 4 is 17.7 Å². The largest absolute Gasteiger partial charge is 0.353 e. The predicted molar refractivity (Wildman–Crippen MR) is 101 cm³/mol. The van der Waals surface area contributed by atoms with E-state index in [1.807, 2.05) is 23.6 Å². The molecule has 0 radical (unpaired) electrons. The summed E-state index contributed by atoms with van der Waals surface area (Å²) in [6.45, 7) is 9.25. The van der Waals surface area contributed by atoms with Crippen molar-refractivity contribution in [2.24, 2.45) is 5.92 Å². The molecule has 0 spiro atoms. The lowest BCUT2D eigenvalue weighted by atomic mass is 10.0. The third kappa shape index (κ3) is 5.85. The van der Waals surface area contributed by atoms with Crippen LogP contribution in [0.5, 0.6) is 0 Å². The fraction of sp³-hybridized carbons (Fsp3) is 0.556. The minimum Gasteiger partial charge on any atom is -0.353 e. The van der Waals surface area contributed by atoms with E-state index in [2.05, 4.69) is 41.3 Å². The molecule has 2 heterocycles. The molecule has 0 aromatic carbocycles. The number of thioether (sulfide) groups is 1. The van der Waals surface area contributed by atoms with Gasteiger partial charge >= 0.3 is 0 Å². The minimum absolute atomic E-state index is 0.0392. The quantitative estimate of drug-likeness (QED) is 0.693. The number of hydrogen-bond donors (Lipinski definition) is 1. The number of nitrogens with zero attached hydrogens (tertiary/aromatic N) is 4. The predicted octanol–water partition coefficient (Wildman–Crippen LogP) is 3.39. The zero-order valence-corrected chi connectivity index (χ0v) is 16.2. The lowest BCUT2D eigenvalue weighted by Crippen LogP contribution is -2.34. The maximum Gasteiger partial charge on any atom is 0.230 e. The molecule has 2 rings (SSSR count). The van der Waals surface area contributed by atoms with Gasteiger partial charge in [0.05, 0.1) is 5.75 Å². The average Bonchev–Trinajstić information content (AvgIpc) is 3.02. The first-order valence-electron chi connectivity index (χ1n) is 8.77. The van der Waals surface area contributed by atoms with Gasteiger partial charge in [0.15, 0.2) is 11.0 Å². The van der Waals surface area contributed by atoms with Crippen LogP contribution in [-0.2, 0) is 11.3 Å². The first-order valence-corrected chi connectivity index (χ1v) is 9.75. The van der Waals surface area contributed by atoms with Crippen molar-refractivity contribution in [2.75, 3.05) is 5.75 Å². The van der Waals surface area contributed by atoms with E-state index in [0.717, 1.165) is 35.9 Å². The van der Waals surface area contributed by atoms with Crippen LogP contribution in [0.15, 0.2) is 29.7 Å². The summed E-state index contributed by atoms with van der Waals surface area (Å²) < 4.78 is 2.02. The van der Waals surface area contributed by atoms with E-state index >= 15 is 0 Å². The van der Waals surface area contributed by atoms with E-state index in [4.69, 9.17) is 0 Å². The van der Waals surface area contributed by atoms with Gasteiger partial charge in [0.2, 0.25) is 5.91 Å². The molecule has 1 N–H and O–H groups in total. The minimum atomic E-state index is 0.0392. The van der Waals surface area contributed by atoms with Gasteiger partial charge < -0.3 is 9.88 Å². The second-order valence-corrected chi connectivity index (χ2v) is 7.46. The van der Waals surface area contributed by atoms with Crippen LogP contribution in [-0.4, -0.2) is 37.5 Å². The summed E-state index contributed by atoms with van der Waals surface area (Å²) in [7, 11) is 0. The van der Waals surface area contributed by atoms with Crippen molar-refractivity contribution in [2.45, 2.75) is 58.3 Å². The van der Waals surface area contributed by atoms with Crippen molar-refractivity contribution < 1.29 is 4.79 Å². The fourth-order valence-electron chi connectivity index (χ4n) is 2.50. The molecule has 0 saturated heterocycles. The van der Waals surface area contributed by atoms with E-state index in [0.29, 0.717) is 11.7 Å². The number of amides is 1. The zero-order valence-electron chi connectivity index (χ0n) is 15.4. The molecule has 136 valence electrons. The van der Waals surface area contributed by atoms with Crippen LogP contribution in [0.25, 0.3) is 11.4 Å². The maximum atomic E-state index is 12.2. The third-order valence-corrected chi connectivity index (χ3v) is 4.86. The topological polar surface area (TPSA) is 72.7 Å². The molecular weight excluding hydrogens is 334 g/mol. The van der Waals surface area contributed by atoms with Gasteiger partial charge in [-0.3, -0.25) is 9.78 Å². The lowest BCUT2D eigenvalue weighted by molar-refractivity contribution is -0.119. The molecule has 0 bridgehead atoms. The Morgan fingerprint density at radius 1 is 1.20 bits per heavy atom. The highest BCUT2D eigenvalue weighted by molar-refractivity contribution is 7.99. The number of hydrogen-bond acceptors (Lipinski definition) is 5. The van der Waals surface area contributed by atoms with E-state index in [-0.39, 0.29) is 11.9 Å². The second-order valence-electron chi connectivity index (χ2n) is 6.51. The Balaban J connectivity index is 1.93. The van der Waals surface area contributed by atoms with Gasteiger partial charge in [-0.25, -0.2) is 0 Å². The van der Waals surface area contributed by atoms with Crippen LogP contribution in [0.4, 0.5) is 0 Å². The van der Waals surface area contributed by atoms with Crippen molar-refractivity contribution in [1.82, 2.24) is 25.1 Å². The summed E-state index contributed by atoms with van der Waals surface area (Å²) in [5, 5.41) is 12.3. The molecule has 7 heteroatoms. The normalized spacial score (nSPS) is 12.4. The summed E-state index contributed by atoms with van der Waals surface area (Å²) >= 11 is 1.42. The highest BCUT2D eigenvalue weighted by Gasteiger charge is 2.15. The third-order valence-electron chi connectivity index (χ3n) is 3.89. The van der Waals surface area contributed by atoms with Crippen molar-refractivity contribution in [3.63, 3.8) is 0 Å². The summed E-state index contributed by atoms with van der Waals surface area (Å²) in [5.74, 6) is 1.85. The van der Waals surface area contributed by atoms with Crippen LogP contribution >= 0.6 is 11.8 Å². The molecule has 0 aliphatic carbocycles. The van der Waals surface area contributed by atoms with Gasteiger partial charge in [0.25, 0.3) is 0 Å². The SMILES string of the molecule is CCn1c(SCC(=O)N[C@@H](C)CCC(C)C)nnc1-c1ccncc1. The van der Waals surface area contributed by atoms with E-state index < -0.39 is 0 Å². The maximum absolute atomic E-state index is 12.2. The molecule has 25 heavy (non-hydrogen) atoms. The second kappa shape index (κ2) is 9.56. The molecule has 0 aliphatic heterocycles. The number of pyridine rings is 1. The van der Waals surface area contributed by atoms with E-state index in [1.165, 1.54) is 11.8 Å². The Hall–Kier alpha value is -1.89. The zero-order chi connectivity index (χ0) is 18.2. The van der Waals surface area contributed by atoms with Crippen molar-refractivity contribution in [3.05, 3.63) is 24.5 Å². The molecule has 6 nitrogen and oxygen atoms in total. The number of aromatic nitrogens is 4. The molecule has 2 aromatic rings. The summed E-state index contributed by atoms with van der Waals surface area (Å²) in [5.41, 5.74) is 0.975. The van der Waals surface area contributed by atoms with Crippen molar-refractivity contribution in [3.8, 4) is 11.4 Å². The summed E-state index contributed by atoms with van der Waals surface area (Å²) in [6, 6.07) is 4.02. The Labute approximate surface area is 153 Å². The van der Waals surface area contributed by atoms with Gasteiger partial charge in [-0.05, 0) is 44.7 Å². The Kier molecular flexibility index (Phi) is 7.43. The number of nitrogens with one attached hydrogen (secondary N) is 1. The van der Waals surface area contributed by atoms with E-state index in [1.54, 1.807) is 12.4 Å². The first-order chi connectivity index (χ1) is 12.0. The number of rotatable bonds is 9. The standard InChI is InChI=1S/C18H27N5OS/c1-5-23-17(15-8-10-19-11-9-15)21-22-18(23)25-12-16(24)20-14(4)7-6-13(2)3/h8-11,13-14H,5-7,12H2,1-4H3,(H,20,24)/t14-/m0/s1. The van der Waals surface area contributed by atoms with Crippen LogP contribution in [0.1, 0.15) is 40.5 Å². The molecule has 0 saturated carbocycles. The molecule has 0 unspecified atom stereocenters. The molecule has 2 aromatic heterocycles. The van der Waals surface area contributed by atoms with Crippen LogP contribution in [0.2, 0.25) is 0 Å². The van der Waals surface area contributed by atoms with Gasteiger partial charge in [-0.2, -0.15) is 0 Å². The Morgan fingerprint density at radius 3 is 2.56 bits per heavy atom. The number of carbonyl (C=O) groups is 1. The molecule has 1 amide bonds. The van der Waals surface area contributed by atoms with Gasteiger partial charge in [-0.15, -0.1) is 10.2 Å². The van der Waals surface area contributed by atoms with Gasteiger partial charge in [-0.1, -0.05) is 25.6 Å². The van der Waals surface area contributed by atoms with Gasteiger partial charge in [0.1, 0.15) is 0 Å². The highest BCUT2D eigenvalue weighted by atomic mass is 32.2. The van der Waals surface area contributed by atoms with E-state index in [9.17, 15) is 4.79 Å². The summed E-state index contributed by atoms with van der Waals surface area (Å²) in [6.07, 6.45) is 5.60. The molecule has 0 fully saturated rings.